The largest absolute Gasteiger partial charge is 0.472 e. The molecule has 168 valence electrons. The second-order valence-electron chi connectivity index (χ2n) is 9.53. The van der Waals surface area contributed by atoms with E-state index in [4.69, 9.17) is 18.6 Å². The van der Waals surface area contributed by atoms with Crippen LogP contribution < -0.4 is 0 Å². The van der Waals surface area contributed by atoms with Crippen molar-refractivity contribution in [2.75, 3.05) is 7.11 Å². The molecule has 0 unspecified atom stereocenters. The predicted molar refractivity (Wildman–Crippen MR) is 105 cm³/mol. The van der Waals surface area contributed by atoms with Crippen LogP contribution in [0.3, 0.4) is 0 Å². The monoisotopic (exact) mass is 432 g/mol. The highest BCUT2D eigenvalue weighted by molar-refractivity contribution is 5.93. The average molecular weight is 432 g/mol. The first kappa shape index (κ1) is 21.6. The predicted octanol–water partition coefficient (Wildman–Crippen LogP) is 3.00. The van der Waals surface area contributed by atoms with E-state index in [1.54, 1.807) is 6.07 Å². The SMILES string of the molecule is COC(=O)[C@@H]1C[C@@H](OC(C)=O)C(=O)[C@@H]2[C@@]3(C)C[C@@H](c4ccoc4)OC(=O)[C@H]3CC[C@]21C. The topological polar surface area (TPSA) is 109 Å². The van der Waals surface area contributed by atoms with Crippen LogP contribution in [0.1, 0.15) is 58.1 Å². The normalized spacial score (nSPS) is 39.7. The number of rotatable bonds is 3. The highest BCUT2D eigenvalue weighted by Crippen LogP contribution is 2.65. The van der Waals surface area contributed by atoms with Crippen molar-refractivity contribution in [3.05, 3.63) is 24.2 Å². The molecule has 3 aliphatic rings. The molecule has 1 aromatic rings. The summed E-state index contributed by atoms with van der Waals surface area (Å²) in [6.45, 7) is 5.09. The standard InChI is InChI=1S/C23H28O8/c1-12(24)30-16-9-15(20(26)28-4)22(2)7-5-14-21(27)31-17(13-6-8-29-11-13)10-23(14,3)19(22)18(16)25/h6,8,11,14-17,19H,5,7,9-10H2,1-4H3/t14-,15+,16-,17+,19+,22+,23+/m1/s1. The van der Waals surface area contributed by atoms with Gasteiger partial charge in [0.1, 0.15) is 6.10 Å². The van der Waals surface area contributed by atoms with Crippen LogP contribution >= 0.6 is 0 Å². The number of hydrogen-bond acceptors (Lipinski definition) is 8. The van der Waals surface area contributed by atoms with Crippen molar-refractivity contribution in [1.82, 2.24) is 0 Å². The molecule has 0 N–H and O–H groups in total. The van der Waals surface area contributed by atoms with Crippen molar-refractivity contribution in [3.8, 4) is 0 Å². The lowest BCUT2D eigenvalue weighted by Gasteiger charge is -2.60. The fourth-order valence-electron chi connectivity index (χ4n) is 6.46. The van der Waals surface area contributed by atoms with Gasteiger partial charge in [0.25, 0.3) is 0 Å². The molecule has 0 radical (unpaired) electrons. The molecular formula is C23H28O8. The van der Waals surface area contributed by atoms with Crippen LogP contribution in [0.5, 0.6) is 0 Å². The molecular weight excluding hydrogens is 404 g/mol. The lowest BCUT2D eigenvalue weighted by molar-refractivity contribution is -0.210. The van der Waals surface area contributed by atoms with Crippen LogP contribution in [0.2, 0.25) is 0 Å². The second kappa shape index (κ2) is 7.50. The van der Waals surface area contributed by atoms with Gasteiger partial charge in [-0.3, -0.25) is 19.2 Å². The number of methoxy groups -OCH3 is 1. The second-order valence-corrected chi connectivity index (χ2v) is 9.53. The molecule has 3 fully saturated rings. The zero-order valence-electron chi connectivity index (χ0n) is 18.2. The van der Waals surface area contributed by atoms with E-state index in [0.29, 0.717) is 19.3 Å². The molecule has 4 rings (SSSR count). The summed E-state index contributed by atoms with van der Waals surface area (Å²) in [6, 6.07) is 1.74. The molecule has 0 spiro atoms. The Labute approximate surface area is 180 Å². The van der Waals surface area contributed by atoms with E-state index < -0.39 is 52.7 Å². The number of cyclic esters (lactones) is 1. The summed E-state index contributed by atoms with van der Waals surface area (Å²) in [6.07, 6.45) is 2.98. The maximum Gasteiger partial charge on any atom is 0.310 e. The Balaban J connectivity index is 1.80. The van der Waals surface area contributed by atoms with Gasteiger partial charge in [-0.1, -0.05) is 13.8 Å². The van der Waals surface area contributed by atoms with Gasteiger partial charge in [0.05, 0.1) is 31.5 Å². The van der Waals surface area contributed by atoms with Crippen LogP contribution in [0.15, 0.2) is 23.0 Å². The van der Waals surface area contributed by atoms with E-state index in [0.717, 1.165) is 5.56 Å². The molecule has 0 bridgehead atoms. The Kier molecular flexibility index (Phi) is 5.22. The number of esters is 3. The van der Waals surface area contributed by atoms with E-state index in [1.807, 2.05) is 13.8 Å². The molecule has 0 amide bonds. The molecule has 1 aliphatic heterocycles. The number of fused-ring (bicyclic) bond motifs is 3. The Morgan fingerprint density at radius 3 is 2.55 bits per heavy atom. The van der Waals surface area contributed by atoms with Gasteiger partial charge >= 0.3 is 17.9 Å². The molecule has 8 nitrogen and oxygen atoms in total. The van der Waals surface area contributed by atoms with Crippen molar-refractivity contribution in [3.63, 3.8) is 0 Å². The Hall–Kier alpha value is -2.64. The van der Waals surface area contributed by atoms with Gasteiger partial charge in [-0.15, -0.1) is 0 Å². The molecule has 8 heteroatoms. The maximum absolute atomic E-state index is 13.7. The number of Topliss-reactive ketones (excluding diaryl/α,β-unsaturated/α-hetero) is 1. The van der Waals surface area contributed by atoms with Crippen LogP contribution in [-0.2, 0) is 33.4 Å². The zero-order valence-corrected chi connectivity index (χ0v) is 18.2. The number of furan rings is 1. The van der Waals surface area contributed by atoms with Crippen LogP contribution in [-0.4, -0.2) is 36.9 Å². The van der Waals surface area contributed by atoms with Gasteiger partial charge in [0.15, 0.2) is 11.9 Å². The van der Waals surface area contributed by atoms with E-state index in [9.17, 15) is 19.2 Å². The molecule has 2 aliphatic carbocycles. The first-order valence-electron chi connectivity index (χ1n) is 10.6. The quantitative estimate of drug-likeness (QED) is 0.530. The number of carbonyl (C=O) groups is 4. The van der Waals surface area contributed by atoms with E-state index in [1.165, 1.54) is 26.6 Å². The van der Waals surface area contributed by atoms with Crippen LogP contribution in [0, 0.1) is 28.6 Å². The molecule has 7 atom stereocenters. The van der Waals surface area contributed by atoms with Gasteiger partial charge in [-0.25, -0.2) is 0 Å². The highest BCUT2D eigenvalue weighted by atomic mass is 16.6. The smallest absolute Gasteiger partial charge is 0.310 e. The first-order valence-corrected chi connectivity index (χ1v) is 10.6. The zero-order chi connectivity index (χ0) is 22.6. The van der Waals surface area contributed by atoms with Crippen molar-refractivity contribution in [1.29, 1.82) is 0 Å². The van der Waals surface area contributed by atoms with Gasteiger partial charge < -0.3 is 18.6 Å². The Morgan fingerprint density at radius 2 is 1.94 bits per heavy atom. The summed E-state index contributed by atoms with van der Waals surface area (Å²) < 4.78 is 21.3. The molecule has 31 heavy (non-hydrogen) atoms. The summed E-state index contributed by atoms with van der Waals surface area (Å²) in [4.78, 5) is 51.2. The third kappa shape index (κ3) is 3.27. The summed E-state index contributed by atoms with van der Waals surface area (Å²) >= 11 is 0. The number of ketones is 1. The van der Waals surface area contributed by atoms with E-state index in [2.05, 4.69) is 0 Å². The van der Waals surface area contributed by atoms with Gasteiger partial charge in [0.2, 0.25) is 0 Å². The average Bonchev–Trinajstić information content (AvgIpc) is 3.23. The summed E-state index contributed by atoms with van der Waals surface area (Å²) in [5, 5.41) is 0. The Morgan fingerprint density at radius 1 is 1.19 bits per heavy atom. The minimum Gasteiger partial charge on any atom is -0.472 e. The molecule has 1 aromatic heterocycles. The van der Waals surface area contributed by atoms with Gasteiger partial charge in [-0.2, -0.15) is 0 Å². The van der Waals surface area contributed by atoms with Crippen LogP contribution in [0.4, 0.5) is 0 Å². The third-order valence-corrected chi connectivity index (χ3v) is 7.81. The summed E-state index contributed by atoms with van der Waals surface area (Å²) in [5.74, 6) is -3.35. The van der Waals surface area contributed by atoms with E-state index >= 15 is 0 Å². The lowest BCUT2D eigenvalue weighted by atomic mass is 9.43. The maximum atomic E-state index is 13.7. The molecule has 2 heterocycles. The Bertz CT molecular complexity index is 905. The van der Waals surface area contributed by atoms with Crippen molar-refractivity contribution in [2.24, 2.45) is 28.6 Å². The van der Waals surface area contributed by atoms with Crippen molar-refractivity contribution >= 4 is 23.7 Å². The molecule has 0 aromatic carbocycles. The van der Waals surface area contributed by atoms with Crippen LogP contribution in [0.25, 0.3) is 0 Å². The summed E-state index contributed by atoms with van der Waals surface area (Å²) in [7, 11) is 1.32. The minimum absolute atomic E-state index is 0.0917. The molecule has 2 saturated carbocycles. The van der Waals surface area contributed by atoms with Crippen molar-refractivity contribution < 1.29 is 37.8 Å². The van der Waals surface area contributed by atoms with Crippen molar-refractivity contribution in [2.45, 2.75) is 58.7 Å². The number of carbonyl (C=O) groups excluding carboxylic acids is 4. The highest BCUT2D eigenvalue weighted by Gasteiger charge is 2.67. The third-order valence-electron chi connectivity index (χ3n) is 7.81. The number of hydrogen-bond donors (Lipinski definition) is 0. The van der Waals surface area contributed by atoms with Gasteiger partial charge in [-0.05, 0) is 36.2 Å². The summed E-state index contributed by atoms with van der Waals surface area (Å²) in [5.41, 5.74) is -0.763. The first-order chi connectivity index (χ1) is 14.6. The molecule has 1 saturated heterocycles. The minimum atomic E-state index is -1.04. The fourth-order valence-corrected chi connectivity index (χ4v) is 6.46. The van der Waals surface area contributed by atoms with E-state index in [-0.39, 0.29) is 18.2 Å². The number of ether oxygens (including phenoxy) is 3. The lowest BCUT2D eigenvalue weighted by Crippen LogP contribution is -2.64. The fraction of sp³-hybridized carbons (Fsp3) is 0.652. The van der Waals surface area contributed by atoms with Gasteiger partial charge in [0, 0.05) is 24.8 Å².